The van der Waals surface area contributed by atoms with Gasteiger partial charge in [-0.3, -0.25) is 5.43 Å². The van der Waals surface area contributed by atoms with Gasteiger partial charge in [0.25, 0.3) is 0 Å². The molecule has 0 aliphatic carbocycles. The number of carbonyl (C=O) groups is 1. The minimum Gasteiger partial charge on any atom is -0.331 e. The Morgan fingerprint density at radius 3 is 2.64 bits per heavy atom. The zero-order chi connectivity index (χ0) is 17.6. The molecule has 9 heteroatoms. The van der Waals surface area contributed by atoms with Crippen molar-refractivity contribution >= 4 is 56.3 Å². The van der Waals surface area contributed by atoms with Gasteiger partial charge in [-0.15, -0.1) is 11.3 Å². The normalized spacial score (nSPS) is 9.88. The van der Waals surface area contributed by atoms with Crippen LogP contribution in [0.1, 0.15) is 5.01 Å². The van der Waals surface area contributed by atoms with Gasteiger partial charge >= 0.3 is 6.03 Å². The number of para-hydroxylation sites is 1. The summed E-state index contributed by atoms with van der Waals surface area (Å²) in [7, 11) is 0. The van der Waals surface area contributed by atoms with Crippen LogP contribution in [0.5, 0.6) is 0 Å². The van der Waals surface area contributed by atoms with Gasteiger partial charge < -0.3 is 10.6 Å². The molecule has 0 spiro atoms. The van der Waals surface area contributed by atoms with Crippen LogP contribution in [0, 0.1) is 11.3 Å². The number of urea groups is 1. The van der Waals surface area contributed by atoms with E-state index in [0.29, 0.717) is 10.7 Å². The smallest absolute Gasteiger partial charge is 0.331 e. The van der Waals surface area contributed by atoms with Gasteiger partial charge in [0.2, 0.25) is 0 Å². The second-order valence-corrected chi connectivity index (χ2v) is 6.28. The molecule has 1 heterocycles. The van der Waals surface area contributed by atoms with E-state index in [2.05, 4.69) is 26.5 Å². The Kier molecular flexibility index (Phi) is 5.03. The SMILES string of the molecule is N#Cc1nc2ccc(NC(=O)NNC(=S)Nc3ccccc3)cc2s1. The molecule has 124 valence electrons. The van der Waals surface area contributed by atoms with Gasteiger partial charge in [-0.1, -0.05) is 18.2 Å². The van der Waals surface area contributed by atoms with Gasteiger partial charge in [0, 0.05) is 11.4 Å². The molecule has 2 amide bonds. The van der Waals surface area contributed by atoms with Crippen LogP contribution in [-0.4, -0.2) is 16.1 Å². The first-order valence-electron chi connectivity index (χ1n) is 7.14. The quantitative estimate of drug-likeness (QED) is 0.409. The third-order valence-corrected chi connectivity index (χ3v) is 4.19. The first-order chi connectivity index (χ1) is 12.1. The molecule has 0 unspecified atom stereocenters. The maximum atomic E-state index is 11.9. The number of benzene rings is 2. The number of nitrogens with one attached hydrogen (secondary N) is 4. The van der Waals surface area contributed by atoms with Crippen molar-refractivity contribution in [2.45, 2.75) is 0 Å². The molecule has 3 rings (SSSR count). The number of nitrogens with zero attached hydrogens (tertiary/aromatic N) is 2. The van der Waals surface area contributed by atoms with Gasteiger partial charge in [-0.05, 0) is 42.5 Å². The molecule has 0 saturated carbocycles. The second kappa shape index (κ2) is 7.57. The summed E-state index contributed by atoms with van der Waals surface area (Å²) in [4.78, 5) is 16.1. The average molecular weight is 368 g/mol. The summed E-state index contributed by atoms with van der Waals surface area (Å²) in [5.74, 6) is 0. The minimum absolute atomic E-state index is 0.262. The van der Waals surface area contributed by atoms with Gasteiger partial charge in [-0.2, -0.15) is 5.26 Å². The van der Waals surface area contributed by atoms with Crippen molar-refractivity contribution in [3.63, 3.8) is 0 Å². The summed E-state index contributed by atoms with van der Waals surface area (Å²) in [5.41, 5.74) is 7.17. The number of hydrazine groups is 1. The highest BCUT2D eigenvalue weighted by Gasteiger charge is 2.07. The highest BCUT2D eigenvalue weighted by atomic mass is 32.1. The van der Waals surface area contributed by atoms with Crippen molar-refractivity contribution in [1.29, 1.82) is 5.26 Å². The number of fused-ring (bicyclic) bond motifs is 1. The molecule has 4 N–H and O–H groups in total. The van der Waals surface area contributed by atoms with Crippen molar-refractivity contribution in [3.8, 4) is 6.07 Å². The van der Waals surface area contributed by atoms with E-state index in [1.807, 2.05) is 36.4 Å². The highest BCUT2D eigenvalue weighted by Crippen LogP contribution is 2.24. The van der Waals surface area contributed by atoms with Crippen LogP contribution in [-0.2, 0) is 0 Å². The molecular weight excluding hydrogens is 356 g/mol. The predicted octanol–water partition coefficient (Wildman–Crippen LogP) is 3.19. The molecule has 1 aromatic heterocycles. The zero-order valence-electron chi connectivity index (χ0n) is 12.7. The van der Waals surface area contributed by atoms with E-state index < -0.39 is 6.03 Å². The third-order valence-electron chi connectivity index (χ3n) is 3.06. The van der Waals surface area contributed by atoms with Crippen molar-refractivity contribution in [1.82, 2.24) is 15.8 Å². The lowest BCUT2D eigenvalue weighted by Crippen LogP contribution is -2.45. The number of rotatable bonds is 2. The summed E-state index contributed by atoms with van der Waals surface area (Å²) in [6, 6.07) is 16.1. The van der Waals surface area contributed by atoms with Crippen LogP contribution in [0.3, 0.4) is 0 Å². The maximum absolute atomic E-state index is 11.9. The fraction of sp³-hybridized carbons (Fsp3) is 0. The molecule has 0 fully saturated rings. The molecule has 3 aromatic rings. The van der Waals surface area contributed by atoms with Gasteiger partial charge in [0.05, 0.1) is 10.2 Å². The largest absolute Gasteiger partial charge is 0.337 e. The van der Waals surface area contributed by atoms with Crippen molar-refractivity contribution in [3.05, 3.63) is 53.5 Å². The lowest BCUT2D eigenvalue weighted by Gasteiger charge is -2.12. The summed E-state index contributed by atoms with van der Waals surface area (Å²) in [5, 5.41) is 15.1. The minimum atomic E-state index is -0.471. The van der Waals surface area contributed by atoms with Crippen molar-refractivity contribution in [2.24, 2.45) is 0 Å². The first kappa shape index (κ1) is 16.6. The Labute approximate surface area is 152 Å². The van der Waals surface area contributed by atoms with E-state index >= 15 is 0 Å². The number of amides is 2. The second-order valence-electron chi connectivity index (χ2n) is 4.84. The lowest BCUT2D eigenvalue weighted by atomic mass is 10.3. The topological polar surface area (TPSA) is 102 Å². The molecule has 0 atom stereocenters. The number of anilines is 2. The highest BCUT2D eigenvalue weighted by molar-refractivity contribution is 7.80. The standard InChI is InChI=1S/C16H12N6OS2/c17-9-14-20-12-7-6-11(8-13(12)25-14)18-15(23)21-22-16(24)19-10-4-2-1-3-5-10/h1-8H,(H2,18,21,23)(H2,19,22,24). The maximum Gasteiger partial charge on any atom is 0.337 e. The number of hydrogen-bond donors (Lipinski definition) is 4. The number of aromatic nitrogens is 1. The van der Waals surface area contributed by atoms with Crippen LogP contribution in [0.25, 0.3) is 10.2 Å². The van der Waals surface area contributed by atoms with E-state index in [9.17, 15) is 4.79 Å². The molecule has 0 saturated heterocycles. The molecule has 0 aliphatic rings. The summed E-state index contributed by atoms with van der Waals surface area (Å²) < 4.78 is 0.823. The summed E-state index contributed by atoms with van der Waals surface area (Å²) >= 11 is 6.36. The number of thiazole rings is 1. The Morgan fingerprint density at radius 1 is 1.08 bits per heavy atom. The number of thiocarbonyl (C=S) groups is 1. The molecule has 7 nitrogen and oxygen atoms in total. The molecular formula is C16H12N6OS2. The number of hydrogen-bond acceptors (Lipinski definition) is 5. The van der Waals surface area contributed by atoms with E-state index in [-0.39, 0.29) is 5.11 Å². The monoisotopic (exact) mass is 368 g/mol. The van der Waals surface area contributed by atoms with Crippen LogP contribution in [0.15, 0.2) is 48.5 Å². The van der Waals surface area contributed by atoms with Gasteiger partial charge in [-0.25, -0.2) is 15.2 Å². The molecule has 0 radical (unpaired) electrons. The summed E-state index contributed by atoms with van der Waals surface area (Å²) in [6.07, 6.45) is 0. The number of nitriles is 1. The predicted molar refractivity (Wildman–Crippen MR) is 102 cm³/mol. The molecule has 0 aliphatic heterocycles. The zero-order valence-corrected chi connectivity index (χ0v) is 14.4. The Hall–Kier alpha value is -3.22. The van der Waals surface area contributed by atoms with E-state index in [4.69, 9.17) is 17.5 Å². The molecule has 25 heavy (non-hydrogen) atoms. The van der Waals surface area contributed by atoms with E-state index in [0.717, 1.165) is 15.9 Å². The average Bonchev–Trinajstić information content (AvgIpc) is 3.03. The van der Waals surface area contributed by atoms with Gasteiger partial charge in [0.1, 0.15) is 6.07 Å². The fourth-order valence-corrected chi connectivity index (χ4v) is 2.98. The van der Waals surface area contributed by atoms with Crippen LogP contribution < -0.4 is 21.5 Å². The number of carbonyl (C=O) groups excluding carboxylic acids is 1. The lowest BCUT2D eigenvalue weighted by molar-refractivity contribution is 0.250. The Morgan fingerprint density at radius 2 is 1.88 bits per heavy atom. The molecule has 0 bridgehead atoms. The van der Waals surface area contributed by atoms with Crippen LogP contribution in [0.2, 0.25) is 0 Å². The van der Waals surface area contributed by atoms with Crippen LogP contribution >= 0.6 is 23.6 Å². The van der Waals surface area contributed by atoms with E-state index in [1.54, 1.807) is 18.2 Å². The van der Waals surface area contributed by atoms with Crippen molar-refractivity contribution in [2.75, 3.05) is 10.6 Å². The Bertz CT molecular complexity index is 964. The van der Waals surface area contributed by atoms with E-state index in [1.165, 1.54) is 11.3 Å². The summed E-state index contributed by atoms with van der Waals surface area (Å²) in [6.45, 7) is 0. The van der Waals surface area contributed by atoms with Crippen molar-refractivity contribution < 1.29 is 4.79 Å². The third kappa shape index (κ3) is 4.41. The fourth-order valence-electron chi connectivity index (χ4n) is 2.01. The molecule has 2 aromatic carbocycles. The van der Waals surface area contributed by atoms with Gasteiger partial charge in [0.15, 0.2) is 10.1 Å². The van der Waals surface area contributed by atoms with Crippen LogP contribution in [0.4, 0.5) is 16.2 Å². The Balaban J connectivity index is 1.54. The first-order valence-corrected chi connectivity index (χ1v) is 8.36.